The van der Waals surface area contributed by atoms with Crippen molar-refractivity contribution in [2.24, 2.45) is 0 Å². The third-order valence-corrected chi connectivity index (χ3v) is 1.82. The van der Waals surface area contributed by atoms with Gasteiger partial charge in [-0.1, -0.05) is 6.07 Å². The normalized spacial score (nSPS) is 10.1. The van der Waals surface area contributed by atoms with E-state index in [1.807, 2.05) is 0 Å². The topological polar surface area (TPSA) is 88.5 Å². The van der Waals surface area contributed by atoms with E-state index in [1.165, 1.54) is 12.3 Å². The van der Waals surface area contributed by atoms with E-state index in [-0.39, 0.29) is 18.3 Å². The Balaban J connectivity index is 2.47. The predicted octanol–water partition coefficient (Wildman–Crippen LogP) is 1.41. The van der Waals surface area contributed by atoms with Gasteiger partial charge in [0.2, 0.25) is 0 Å². The fourth-order valence-electron chi connectivity index (χ4n) is 1.09. The van der Waals surface area contributed by atoms with Crippen LogP contribution in [-0.2, 0) is 11.3 Å². The average molecular weight is 238 g/mol. The zero-order chi connectivity index (χ0) is 12.8. The number of carbonyl (C=O) groups is 2. The molecular formula is C11H14N2O4. The minimum atomic E-state index is -1.08. The monoisotopic (exact) mass is 238 g/mol. The molecule has 6 nitrogen and oxygen atoms in total. The van der Waals surface area contributed by atoms with Crippen molar-refractivity contribution in [1.82, 2.24) is 10.3 Å². The molecule has 0 aliphatic rings. The highest BCUT2D eigenvalue weighted by Gasteiger charge is 2.06. The van der Waals surface area contributed by atoms with Crippen LogP contribution in [0.5, 0.6) is 0 Å². The maximum atomic E-state index is 11.2. The number of amides is 1. The number of carboxylic acids is 1. The van der Waals surface area contributed by atoms with Gasteiger partial charge in [-0.15, -0.1) is 0 Å². The molecule has 6 heteroatoms. The van der Waals surface area contributed by atoms with Gasteiger partial charge in [0.25, 0.3) is 0 Å². The molecule has 0 unspecified atom stereocenters. The highest BCUT2D eigenvalue weighted by Crippen LogP contribution is 2.00. The Morgan fingerprint density at radius 3 is 2.65 bits per heavy atom. The van der Waals surface area contributed by atoms with Crippen LogP contribution in [0.25, 0.3) is 0 Å². The summed E-state index contributed by atoms with van der Waals surface area (Å²) in [4.78, 5) is 25.4. The van der Waals surface area contributed by atoms with Crippen LogP contribution in [0.1, 0.15) is 29.9 Å². The number of hydrogen-bond acceptors (Lipinski definition) is 4. The summed E-state index contributed by atoms with van der Waals surface area (Å²) in [6.45, 7) is 3.75. The summed E-state index contributed by atoms with van der Waals surface area (Å²) in [5.74, 6) is -1.08. The number of nitrogens with zero attached hydrogens (tertiary/aromatic N) is 1. The summed E-state index contributed by atoms with van der Waals surface area (Å²) in [6, 6.07) is 2.97. The van der Waals surface area contributed by atoms with Crippen LogP contribution >= 0.6 is 0 Å². The lowest BCUT2D eigenvalue weighted by molar-refractivity contribution is 0.0690. The zero-order valence-electron chi connectivity index (χ0n) is 9.64. The van der Waals surface area contributed by atoms with Crippen molar-refractivity contribution in [3.05, 3.63) is 29.6 Å². The van der Waals surface area contributed by atoms with Gasteiger partial charge in [-0.2, -0.15) is 0 Å². The molecule has 0 aromatic carbocycles. The molecule has 0 aliphatic heterocycles. The van der Waals surface area contributed by atoms with Gasteiger partial charge in [0, 0.05) is 12.7 Å². The van der Waals surface area contributed by atoms with Crippen molar-refractivity contribution < 1.29 is 19.4 Å². The second-order valence-corrected chi connectivity index (χ2v) is 3.66. The van der Waals surface area contributed by atoms with E-state index in [0.717, 1.165) is 0 Å². The Hall–Kier alpha value is -2.11. The van der Waals surface area contributed by atoms with Gasteiger partial charge in [0.15, 0.2) is 0 Å². The van der Waals surface area contributed by atoms with Gasteiger partial charge >= 0.3 is 12.1 Å². The molecule has 0 saturated carbocycles. The minimum Gasteiger partial charge on any atom is -0.477 e. The standard InChI is InChI=1S/C11H14N2O4/c1-7(2)17-11(16)13-6-8-3-4-9(10(14)15)12-5-8/h3-5,7H,6H2,1-2H3,(H,13,16)(H,14,15). The molecule has 92 valence electrons. The molecule has 1 aromatic heterocycles. The van der Waals surface area contributed by atoms with E-state index < -0.39 is 12.1 Å². The first kappa shape index (κ1) is 13.0. The molecule has 1 amide bonds. The van der Waals surface area contributed by atoms with Crippen molar-refractivity contribution >= 4 is 12.1 Å². The molecule has 1 heterocycles. The largest absolute Gasteiger partial charge is 0.477 e. The number of rotatable bonds is 4. The molecule has 1 aromatic rings. The van der Waals surface area contributed by atoms with Crippen LogP contribution in [0.15, 0.2) is 18.3 Å². The lowest BCUT2D eigenvalue weighted by Crippen LogP contribution is -2.26. The fourth-order valence-corrected chi connectivity index (χ4v) is 1.09. The lowest BCUT2D eigenvalue weighted by Gasteiger charge is -2.09. The molecule has 0 fully saturated rings. The molecule has 2 N–H and O–H groups in total. The molecule has 0 saturated heterocycles. The van der Waals surface area contributed by atoms with E-state index in [9.17, 15) is 9.59 Å². The quantitative estimate of drug-likeness (QED) is 0.828. The van der Waals surface area contributed by atoms with E-state index in [0.29, 0.717) is 5.56 Å². The second kappa shape index (κ2) is 5.83. The Kier molecular flexibility index (Phi) is 4.45. The molecule has 0 bridgehead atoms. The summed E-state index contributed by atoms with van der Waals surface area (Å²) >= 11 is 0. The lowest BCUT2D eigenvalue weighted by atomic mass is 10.2. The number of aromatic nitrogens is 1. The smallest absolute Gasteiger partial charge is 0.407 e. The van der Waals surface area contributed by atoms with Gasteiger partial charge in [-0.05, 0) is 25.5 Å². The van der Waals surface area contributed by atoms with E-state index in [2.05, 4.69) is 10.3 Å². The van der Waals surface area contributed by atoms with Crippen LogP contribution in [0.3, 0.4) is 0 Å². The molecule has 0 spiro atoms. The molecule has 1 rings (SSSR count). The number of pyridine rings is 1. The van der Waals surface area contributed by atoms with Crippen LogP contribution in [-0.4, -0.2) is 28.3 Å². The summed E-state index contributed by atoms with van der Waals surface area (Å²) in [6.07, 6.45) is 0.712. The van der Waals surface area contributed by atoms with Crippen molar-refractivity contribution in [1.29, 1.82) is 0 Å². The number of hydrogen-bond donors (Lipinski definition) is 2. The maximum absolute atomic E-state index is 11.2. The van der Waals surface area contributed by atoms with Crippen molar-refractivity contribution in [3.8, 4) is 0 Å². The first-order chi connectivity index (χ1) is 7.99. The Labute approximate surface area is 98.6 Å². The van der Waals surface area contributed by atoms with Crippen LogP contribution in [0.4, 0.5) is 4.79 Å². The Morgan fingerprint density at radius 2 is 2.18 bits per heavy atom. The van der Waals surface area contributed by atoms with Gasteiger partial charge in [-0.25, -0.2) is 14.6 Å². The Morgan fingerprint density at radius 1 is 1.47 bits per heavy atom. The number of ether oxygens (including phenoxy) is 1. The minimum absolute atomic E-state index is 0.0292. The van der Waals surface area contributed by atoms with Gasteiger partial charge in [-0.3, -0.25) is 0 Å². The number of aromatic carboxylic acids is 1. The fraction of sp³-hybridized carbons (Fsp3) is 0.364. The highest BCUT2D eigenvalue weighted by molar-refractivity contribution is 5.85. The number of carbonyl (C=O) groups excluding carboxylic acids is 1. The third kappa shape index (κ3) is 4.50. The molecule has 0 radical (unpaired) electrons. The average Bonchev–Trinajstić information content (AvgIpc) is 2.26. The summed E-state index contributed by atoms with van der Waals surface area (Å²) in [7, 11) is 0. The first-order valence-corrected chi connectivity index (χ1v) is 5.11. The van der Waals surface area contributed by atoms with Crippen LogP contribution in [0, 0.1) is 0 Å². The first-order valence-electron chi connectivity index (χ1n) is 5.11. The SMILES string of the molecule is CC(C)OC(=O)NCc1ccc(C(=O)O)nc1. The van der Waals surface area contributed by atoms with Gasteiger partial charge < -0.3 is 15.2 Å². The van der Waals surface area contributed by atoms with Gasteiger partial charge in [0.05, 0.1) is 6.10 Å². The van der Waals surface area contributed by atoms with E-state index >= 15 is 0 Å². The van der Waals surface area contributed by atoms with Crippen LogP contribution < -0.4 is 5.32 Å². The summed E-state index contributed by atoms with van der Waals surface area (Å²) in [5, 5.41) is 11.2. The second-order valence-electron chi connectivity index (χ2n) is 3.66. The zero-order valence-corrected chi connectivity index (χ0v) is 9.64. The van der Waals surface area contributed by atoms with Crippen molar-refractivity contribution in [2.45, 2.75) is 26.5 Å². The summed E-state index contributed by atoms with van der Waals surface area (Å²) in [5.41, 5.74) is 0.675. The maximum Gasteiger partial charge on any atom is 0.407 e. The summed E-state index contributed by atoms with van der Waals surface area (Å²) < 4.78 is 4.87. The van der Waals surface area contributed by atoms with E-state index in [1.54, 1.807) is 19.9 Å². The van der Waals surface area contributed by atoms with Crippen molar-refractivity contribution in [2.75, 3.05) is 0 Å². The van der Waals surface area contributed by atoms with Crippen molar-refractivity contribution in [3.63, 3.8) is 0 Å². The molecule has 0 aliphatic carbocycles. The Bertz CT molecular complexity index is 400. The predicted molar refractivity (Wildman–Crippen MR) is 59.7 cm³/mol. The van der Waals surface area contributed by atoms with E-state index in [4.69, 9.17) is 9.84 Å². The van der Waals surface area contributed by atoms with Gasteiger partial charge in [0.1, 0.15) is 5.69 Å². The number of nitrogens with one attached hydrogen (secondary N) is 1. The van der Waals surface area contributed by atoms with Crippen LogP contribution in [0.2, 0.25) is 0 Å². The molecule has 0 atom stereocenters. The number of carboxylic acid groups (broad SMARTS) is 1. The molecular weight excluding hydrogens is 224 g/mol. The highest BCUT2D eigenvalue weighted by atomic mass is 16.6. The number of alkyl carbamates (subject to hydrolysis) is 1. The molecule has 17 heavy (non-hydrogen) atoms. The third-order valence-electron chi connectivity index (χ3n) is 1.82.